The van der Waals surface area contributed by atoms with E-state index < -0.39 is 5.97 Å². The minimum Gasteiger partial charge on any atom is -0.478 e. The Kier molecular flexibility index (Phi) is 4.29. The summed E-state index contributed by atoms with van der Waals surface area (Å²) in [4.78, 5) is 23.8. The molecule has 0 aliphatic rings. The third kappa shape index (κ3) is 2.99. The summed E-state index contributed by atoms with van der Waals surface area (Å²) in [6.07, 6.45) is 4.17. The van der Waals surface area contributed by atoms with Crippen LogP contribution >= 0.6 is 0 Å². The lowest BCUT2D eigenvalue weighted by Crippen LogP contribution is -2.11. The summed E-state index contributed by atoms with van der Waals surface area (Å²) in [7, 11) is 0. The van der Waals surface area contributed by atoms with E-state index in [0.717, 1.165) is 5.56 Å². The molecule has 0 radical (unpaired) electrons. The first kappa shape index (κ1) is 15.7. The van der Waals surface area contributed by atoms with E-state index in [1.165, 1.54) is 18.2 Å². The average Bonchev–Trinajstić information content (AvgIpc) is 2.60. The third-order valence-electron chi connectivity index (χ3n) is 3.84. The Morgan fingerprint density at radius 3 is 2.54 bits per heavy atom. The van der Waals surface area contributed by atoms with E-state index >= 15 is 0 Å². The van der Waals surface area contributed by atoms with Gasteiger partial charge in [-0.15, -0.1) is 0 Å². The number of hydrogen-bond acceptors (Lipinski definition) is 3. The lowest BCUT2D eigenvalue weighted by Gasteiger charge is -2.06. The molecular weight excluding hydrogens is 304 g/mol. The minimum atomic E-state index is -1.07. The summed E-state index contributed by atoms with van der Waals surface area (Å²) >= 11 is 0. The summed E-state index contributed by atoms with van der Waals surface area (Å²) in [5.74, 6) is -0.565. The largest absolute Gasteiger partial charge is 0.478 e. The Morgan fingerprint density at radius 1 is 1.12 bits per heavy atom. The van der Waals surface area contributed by atoms with E-state index in [-0.39, 0.29) is 11.0 Å². The highest BCUT2D eigenvalue weighted by Crippen LogP contribution is 2.20. The molecule has 0 atom stereocenters. The van der Waals surface area contributed by atoms with Gasteiger partial charge in [0.1, 0.15) is 11.3 Å². The number of carboxylic acid groups (broad SMARTS) is 1. The number of benzene rings is 2. The molecule has 0 fully saturated rings. The highest BCUT2D eigenvalue weighted by molar-refractivity contribution is 5.93. The molecule has 1 heterocycles. The number of hydrogen-bond donors (Lipinski definition) is 1. The maximum atomic E-state index is 12.7. The quantitative estimate of drug-likeness (QED) is 0.781. The maximum absolute atomic E-state index is 12.7. The van der Waals surface area contributed by atoms with Gasteiger partial charge in [-0.2, -0.15) is 0 Å². The van der Waals surface area contributed by atoms with Crippen LogP contribution in [0.1, 0.15) is 34.2 Å². The first-order chi connectivity index (χ1) is 11.6. The fourth-order valence-corrected chi connectivity index (χ4v) is 2.59. The third-order valence-corrected chi connectivity index (χ3v) is 3.84. The highest BCUT2D eigenvalue weighted by atomic mass is 16.4. The van der Waals surface area contributed by atoms with E-state index in [9.17, 15) is 9.59 Å². The highest BCUT2D eigenvalue weighted by Gasteiger charge is 2.13. The monoisotopic (exact) mass is 320 g/mol. The smallest absolute Gasteiger partial charge is 0.335 e. The summed E-state index contributed by atoms with van der Waals surface area (Å²) in [6, 6.07) is 14.1. The molecule has 4 nitrogen and oxygen atoms in total. The number of fused-ring (bicyclic) bond motifs is 1. The normalized spacial score (nSPS) is 11.2. The minimum absolute atomic E-state index is 0.0735. The Labute approximate surface area is 138 Å². The van der Waals surface area contributed by atoms with Crippen LogP contribution in [0.5, 0.6) is 0 Å². The van der Waals surface area contributed by atoms with E-state index in [1.807, 2.05) is 43.3 Å². The maximum Gasteiger partial charge on any atom is 0.335 e. The molecule has 120 valence electrons. The van der Waals surface area contributed by atoms with Crippen molar-refractivity contribution in [3.8, 4) is 0 Å². The van der Waals surface area contributed by atoms with Crippen LogP contribution in [0.15, 0.2) is 57.7 Å². The molecule has 0 saturated carbocycles. The van der Waals surface area contributed by atoms with Gasteiger partial charge in [0, 0.05) is 5.56 Å². The molecular formula is C20H16O4. The van der Waals surface area contributed by atoms with E-state index in [4.69, 9.17) is 9.52 Å². The Hall–Kier alpha value is -3.14. The van der Waals surface area contributed by atoms with Crippen molar-refractivity contribution in [2.75, 3.05) is 0 Å². The van der Waals surface area contributed by atoms with Crippen LogP contribution in [0.25, 0.3) is 23.1 Å². The van der Waals surface area contributed by atoms with Gasteiger partial charge in [-0.1, -0.05) is 43.3 Å². The second-order valence-corrected chi connectivity index (χ2v) is 5.39. The number of carboxylic acids is 1. The van der Waals surface area contributed by atoms with Crippen LogP contribution in [0.2, 0.25) is 0 Å². The van der Waals surface area contributed by atoms with Gasteiger partial charge < -0.3 is 9.52 Å². The second kappa shape index (κ2) is 6.54. The predicted octanol–water partition coefficient (Wildman–Crippen LogP) is 4.22. The van der Waals surface area contributed by atoms with E-state index in [2.05, 4.69) is 0 Å². The first-order valence-corrected chi connectivity index (χ1v) is 7.66. The van der Waals surface area contributed by atoms with E-state index in [0.29, 0.717) is 28.7 Å². The van der Waals surface area contributed by atoms with Crippen molar-refractivity contribution >= 4 is 29.1 Å². The summed E-state index contributed by atoms with van der Waals surface area (Å²) in [5.41, 5.74) is 1.81. The fraction of sp³-hybridized carbons (Fsp3) is 0.100. The van der Waals surface area contributed by atoms with Gasteiger partial charge in [0.15, 0.2) is 5.43 Å². The summed E-state index contributed by atoms with van der Waals surface area (Å²) in [6.45, 7) is 1.87. The van der Waals surface area contributed by atoms with Crippen molar-refractivity contribution in [3.63, 3.8) is 0 Å². The lowest BCUT2D eigenvalue weighted by atomic mass is 10.1. The molecule has 0 unspecified atom stereocenters. The molecule has 3 aromatic rings. The molecule has 0 spiro atoms. The zero-order chi connectivity index (χ0) is 17.1. The average molecular weight is 320 g/mol. The molecule has 1 N–H and O–H groups in total. The Morgan fingerprint density at radius 2 is 1.88 bits per heavy atom. The van der Waals surface area contributed by atoms with Crippen LogP contribution in [-0.4, -0.2) is 11.1 Å². The van der Waals surface area contributed by atoms with Gasteiger partial charge in [-0.3, -0.25) is 4.79 Å². The molecule has 0 aliphatic carbocycles. The molecule has 0 amide bonds. The first-order valence-electron chi connectivity index (χ1n) is 7.66. The zero-order valence-corrected chi connectivity index (χ0v) is 13.2. The molecule has 0 aliphatic heterocycles. The molecule has 24 heavy (non-hydrogen) atoms. The van der Waals surface area contributed by atoms with Gasteiger partial charge in [-0.25, -0.2) is 4.79 Å². The van der Waals surface area contributed by atoms with Crippen LogP contribution < -0.4 is 5.43 Å². The predicted molar refractivity (Wildman–Crippen MR) is 94.2 cm³/mol. The van der Waals surface area contributed by atoms with E-state index in [1.54, 1.807) is 6.08 Å². The van der Waals surface area contributed by atoms with Crippen LogP contribution in [0, 0.1) is 0 Å². The molecule has 1 aromatic heterocycles. The van der Waals surface area contributed by atoms with Crippen LogP contribution in [0.4, 0.5) is 0 Å². The Balaban J connectivity index is 2.15. The molecule has 2 aromatic carbocycles. The van der Waals surface area contributed by atoms with Gasteiger partial charge in [0.2, 0.25) is 0 Å². The van der Waals surface area contributed by atoms with Crippen molar-refractivity contribution in [3.05, 3.63) is 81.2 Å². The summed E-state index contributed by atoms with van der Waals surface area (Å²) < 4.78 is 5.84. The van der Waals surface area contributed by atoms with Crippen LogP contribution in [0.3, 0.4) is 0 Å². The van der Waals surface area contributed by atoms with Gasteiger partial charge in [0.05, 0.1) is 10.9 Å². The fourth-order valence-electron chi connectivity index (χ4n) is 2.59. The van der Waals surface area contributed by atoms with Crippen molar-refractivity contribution in [2.45, 2.75) is 13.3 Å². The lowest BCUT2D eigenvalue weighted by molar-refractivity contribution is 0.0697. The second-order valence-electron chi connectivity index (χ2n) is 5.39. The van der Waals surface area contributed by atoms with Crippen molar-refractivity contribution in [1.82, 2.24) is 0 Å². The van der Waals surface area contributed by atoms with Gasteiger partial charge in [-0.05, 0) is 36.3 Å². The standard InChI is InChI=1S/C20H16O4/c1-2-15-17(10-8-13-6-4-3-5-7-13)24-18-11-9-14(20(22)23)12-16(18)19(15)21/h3-12H,2H2,1H3,(H,22,23)/b10-8-. The van der Waals surface area contributed by atoms with Gasteiger partial charge >= 0.3 is 5.97 Å². The molecule has 0 bridgehead atoms. The van der Waals surface area contributed by atoms with Crippen molar-refractivity contribution < 1.29 is 14.3 Å². The zero-order valence-electron chi connectivity index (χ0n) is 13.2. The number of aromatic carboxylic acids is 1. The van der Waals surface area contributed by atoms with Crippen molar-refractivity contribution in [1.29, 1.82) is 0 Å². The molecule has 3 rings (SSSR count). The number of rotatable bonds is 4. The Bertz CT molecular complexity index is 982. The molecule has 0 saturated heterocycles. The van der Waals surface area contributed by atoms with Crippen molar-refractivity contribution in [2.24, 2.45) is 0 Å². The number of carbonyl (C=O) groups is 1. The summed E-state index contributed by atoms with van der Waals surface area (Å²) in [5, 5.41) is 9.38. The molecule has 4 heteroatoms. The SMILES string of the molecule is CCc1c(/C=C\c2ccccc2)oc2ccc(C(=O)O)cc2c1=O. The van der Waals surface area contributed by atoms with Gasteiger partial charge in [0.25, 0.3) is 0 Å². The topological polar surface area (TPSA) is 67.5 Å². The van der Waals surface area contributed by atoms with Crippen LogP contribution in [-0.2, 0) is 6.42 Å².